The summed E-state index contributed by atoms with van der Waals surface area (Å²) in [7, 11) is -4.43. The molecule has 1 aliphatic rings. The van der Waals surface area contributed by atoms with E-state index in [0.29, 0.717) is 6.07 Å². The Hall–Kier alpha value is -2.15. The molecule has 0 bridgehead atoms. The summed E-state index contributed by atoms with van der Waals surface area (Å²) in [6, 6.07) is 3.82. The number of sulfonamides is 1. The van der Waals surface area contributed by atoms with Crippen LogP contribution in [0.5, 0.6) is 0 Å². The number of nitrogens with zero attached hydrogens (tertiary/aromatic N) is 3. The van der Waals surface area contributed by atoms with Crippen LogP contribution >= 0.6 is 0 Å². The Morgan fingerprint density at radius 1 is 0.964 bits per heavy atom. The third kappa shape index (κ3) is 3.99. The Balaban J connectivity index is 1.77. The van der Waals surface area contributed by atoms with Crippen molar-refractivity contribution in [2.24, 2.45) is 0 Å². The van der Waals surface area contributed by atoms with Crippen LogP contribution in [0.2, 0.25) is 0 Å². The lowest BCUT2D eigenvalue weighted by atomic mass is 9.98. The molecule has 28 heavy (non-hydrogen) atoms. The SMILES string of the molecule is O=S(=O)(c1ccccc1C(F)(F)F)N1CCC(c2nnc(C(F)(F)F)o2)CC1. The Bertz CT molecular complexity index is 946. The first-order valence-corrected chi connectivity index (χ1v) is 9.41. The molecule has 154 valence electrons. The third-order valence-electron chi connectivity index (χ3n) is 4.30. The number of benzene rings is 1. The third-order valence-corrected chi connectivity index (χ3v) is 6.25. The minimum absolute atomic E-state index is 0.0346. The highest BCUT2D eigenvalue weighted by molar-refractivity contribution is 7.89. The molecule has 3 rings (SSSR count). The van der Waals surface area contributed by atoms with Crippen molar-refractivity contribution in [3.63, 3.8) is 0 Å². The second kappa shape index (κ2) is 7.03. The molecule has 13 heteroatoms. The van der Waals surface area contributed by atoms with Gasteiger partial charge in [0.2, 0.25) is 15.9 Å². The van der Waals surface area contributed by atoms with Gasteiger partial charge >= 0.3 is 18.2 Å². The normalized spacial score (nSPS) is 17.8. The van der Waals surface area contributed by atoms with Gasteiger partial charge in [0.05, 0.1) is 10.5 Å². The summed E-state index contributed by atoms with van der Waals surface area (Å²) in [5, 5.41) is 6.26. The number of hydrogen-bond acceptors (Lipinski definition) is 5. The molecule has 1 saturated heterocycles. The maximum absolute atomic E-state index is 13.1. The molecule has 2 heterocycles. The summed E-state index contributed by atoms with van der Waals surface area (Å²) in [5.41, 5.74) is -1.27. The van der Waals surface area contributed by atoms with E-state index >= 15 is 0 Å². The van der Waals surface area contributed by atoms with Crippen molar-refractivity contribution in [2.45, 2.75) is 36.0 Å². The van der Waals surface area contributed by atoms with Gasteiger partial charge in [-0.15, -0.1) is 10.2 Å². The van der Waals surface area contributed by atoms with Gasteiger partial charge in [-0.1, -0.05) is 12.1 Å². The molecule has 2 aromatic rings. The van der Waals surface area contributed by atoms with Gasteiger partial charge in [-0.3, -0.25) is 0 Å². The Kier molecular flexibility index (Phi) is 5.17. The molecule has 0 N–H and O–H groups in total. The van der Waals surface area contributed by atoms with E-state index in [1.807, 2.05) is 0 Å². The van der Waals surface area contributed by atoms with Gasteiger partial charge in [-0.05, 0) is 25.0 Å². The fourth-order valence-electron chi connectivity index (χ4n) is 2.92. The molecule has 0 spiro atoms. The highest BCUT2D eigenvalue weighted by atomic mass is 32.2. The zero-order valence-corrected chi connectivity index (χ0v) is 14.8. The van der Waals surface area contributed by atoms with Crippen molar-refractivity contribution in [2.75, 3.05) is 13.1 Å². The van der Waals surface area contributed by atoms with Crippen LogP contribution in [-0.4, -0.2) is 36.0 Å². The van der Waals surface area contributed by atoms with Gasteiger partial charge in [0.25, 0.3) is 0 Å². The van der Waals surface area contributed by atoms with Crippen LogP contribution in [0.15, 0.2) is 33.6 Å². The van der Waals surface area contributed by atoms with Crippen LogP contribution in [-0.2, 0) is 22.4 Å². The van der Waals surface area contributed by atoms with Crippen molar-refractivity contribution in [3.8, 4) is 0 Å². The molecule has 1 aromatic carbocycles. The topological polar surface area (TPSA) is 76.3 Å². The van der Waals surface area contributed by atoms with Crippen LogP contribution < -0.4 is 0 Å². The number of aromatic nitrogens is 2. The van der Waals surface area contributed by atoms with E-state index in [1.165, 1.54) is 6.07 Å². The second-order valence-corrected chi connectivity index (χ2v) is 8.02. The molecule has 0 atom stereocenters. The van der Waals surface area contributed by atoms with Gasteiger partial charge in [0.15, 0.2) is 0 Å². The van der Waals surface area contributed by atoms with Crippen LogP contribution in [0.4, 0.5) is 26.3 Å². The largest absolute Gasteiger partial charge is 0.470 e. The van der Waals surface area contributed by atoms with Crippen molar-refractivity contribution >= 4 is 10.0 Å². The van der Waals surface area contributed by atoms with E-state index in [9.17, 15) is 34.8 Å². The molecule has 0 unspecified atom stereocenters. The van der Waals surface area contributed by atoms with Crippen LogP contribution in [0.25, 0.3) is 0 Å². The molecule has 0 radical (unpaired) electrons. The number of halogens is 6. The monoisotopic (exact) mass is 429 g/mol. The predicted octanol–water partition coefficient (Wildman–Crippen LogP) is 3.68. The molecule has 0 amide bonds. The average molecular weight is 429 g/mol. The van der Waals surface area contributed by atoms with Crippen LogP contribution in [0.1, 0.15) is 36.1 Å². The molecule has 1 fully saturated rings. The Labute approximate surface area is 155 Å². The van der Waals surface area contributed by atoms with E-state index in [-0.39, 0.29) is 31.8 Å². The molecule has 0 aliphatic carbocycles. The lowest BCUT2D eigenvalue weighted by Crippen LogP contribution is -2.38. The number of hydrogen-bond donors (Lipinski definition) is 0. The predicted molar refractivity (Wildman–Crippen MR) is 81.5 cm³/mol. The minimum Gasteiger partial charge on any atom is -0.417 e. The van der Waals surface area contributed by atoms with Crippen LogP contribution in [0, 0.1) is 0 Å². The van der Waals surface area contributed by atoms with E-state index < -0.39 is 44.6 Å². The van der Waals surface area contributed by atoms with Gasteiger partial charge in [-0.2, -0.15) is 30.6 Å². The van der Waals surface area contributed by atoms with Gasteiger partial charge in [-0.25, -0.2) is 8.42 Å². The van der Waals surface area contributed by atoms with Crippen molar-refractivity contribution in [1.82, 2.24) is 14.5 Å². The van der Waals surface area contributed by atoms with E-state index in [4.69, 9.17) is 0 Å². The zero-order chi connectivity index (χ0) is 20.7. The molecule has 6 nitrogen and oxygen atoms in total. The average Bonchev–Trinajstić information content (AvgIpc) is 3.12. The second-order valence-electron chi connectivity index (χ2n) is 6.12. The number of rotatable bonds is 3. The maximum atomic E-state index is 13.1. The summed E-state index contributed by atoms with van der Waals surface area (Å²) in [6.07, 6.45) is -9.57. The summed E-state index contributed by atoms with van der Waals surface area (Å²) in [6.45, 7) is -0.383. The number of piperidine rings is 1. The summed E-state index contributed by atoms with van der Waals surface area (Å²) in [5.74, 6) is -2.40. The Morgan fingerprint density at radius 3 is 2.11 bits per heavy atom. The summed E-state index contributed by atoms with van der Waals surface area (Å²) in [4.78, 5) is -0.863. The van der Waals surface area contributed by atoms with E-state index in [1.54, 1.807) is 0 Å². The quantitative estimate of drug-likeness (QED) is 0.696. The van der Waals surface area contributed by atoms with Crippen LogP contribution in [0.3, 0.4) is 0 Å². The first kappa shape index (κ1) is 20.6. The van der Waals surface area contributed by atoms with Crippen molar-refractivity contribution in [3.05, 3.63) is 41.6 Å². The van der Waals surface area contributed by atoms with E-state index in [2.05, 4.69) is 14.6 Å². The minimum atomic E-state index is -4.85. The fraction of sp³-hybridized carbons (Fsp3) is 0.467. The maximum Gasteiger partial charge on any atom is 0.470 e. The smallest absolute Gasteiger partial charge is 0.417 e. The molecule has 1 aromatic heterocycles. The summed E-state index contributed by atoms with van der Waals surface area (Å²) >= 11 is 0. The fourth-order valence-corrected chi connectivity index (χ4v) is 4.60. The molecule has 0 saturated carbocycles. The number of alkyl halides is 6. The highest BCUT2D eigenvalue weighted by Crippen LogP contribution is 2.37. The lowest BCUT2D eigenvalue weighted by molar-refractivity contribution is -0.157. The van der Waals surface area contributed by atoms with Gasteiger partial charge < -0.3 is 4.42 Å². The Morgan fingerprint density at radius 2 is 1.57 bits per heavy atom. The zero-order valence-electron chi connectivity index (χ0n) is 14.0. The first-order valence-electron chi connectivity index (χ1n) is 7.97. The standard InChI is InChI=1S/C15H13F6N3O3S/c16-14(17,18)10-3-1-2-4-11(10)28(25,26)24-7-5-9(6-8-24)12-22-23-13(27-12)15(19,20)21/h1-4,9H,5-8H2. The van der Waals surface area contributed by atoms with Gasteiger partial charge in [0, 0.05) is 19.0 Å². The lowest BCUT2D eigenvalue weighted by Gasteiger charge is -2.30. The molecular weight excluding hydrogens is 416 g/mol. The first-order chi connectivity index (χ1) is 12.9. The highest BCUT2D eigenvalue weighted by Gasteiger charge is 2.41. The van der Waals surface area contributed by atoms with Crippen molar-refractivity contribution in [1.29, 1.82) is 0 Å². The molecule has 1 aliphatic heterocycles. The molecular formula is C15H13F6N3O3S. The summed E-state index contributed by atoms with van der Waals surface area (Å²) < 4.78 is 108. The van der Waals surface area contributed by atoms with Crippen molar-refractivity contribution < 1.29 is 39.2 Å². The van der Waals surface area contributed by atoms with Gasteiger partial charge in [0.1, 0.15) is 0 Å². The van der Waals surface area contributed by atoms with E-state index in [0.717, 1.165) is 16.4 Å².